The molecule has 0 bridgehead atoms. The maximum absolute atomic E-state index is 13.0. The zero-order valence-electron chi connectivity index (χ0n) is 15.8. The Kier molecular flexibility index (Phi) is 4.69. The first-order chi connectivity index (χ1) is 13.6. The standard InChI is InChI=1S/C22H21N3O3/c1-25(13-15-9-10-19(28-2)20-16(15)8-5-11-23-20)22(27)18-12-14-6-3-4-7-17(14)21(26)24-18/h3-11,18H,12-13H2,1-2H3,(H,24,26). The number of ether oxygens (including phenoxy) is 1. The van der Waals surface area contributed by atoms with Gasteiger partial charge in [-0.3, -0.25) is 14.6 Å². The summed E-state index contributed by atoms with van der Waals surface area (Å²) in [6.45, 7) is 0.416. The summed E-state index contributed by atoms with van der Waals surface area (Å²) in [7, 11) is 3.36. The van der Waals surface area contributed by atoms with E-state index in [1.165, 1.54) is 0 Å². The predicted molar refractivity (Wildman–Crippen MR) is 106 cm³/mol. The Bertz CT molecular complexity index is 1060. The Labute approximate surface area is 163 Å². The first-order valence-corrected chi connectivity index (χ1v) is 9.13. The lowest BCUT2D eigenvalue weighted by Crippen LogP contribution is -2.51. The van der Waals surface area contributed by atoms with Crippen LogP contribution >= 0.6 is 0 Å². The molecule has 0 spiro atoms. The Morgan fingerprint density at radius 1 is 1.21 bits per heavy atom. The molecule has 3 aromatic rings. The second-order valence-corrected chi connectivity index (χ2v) is 6.91. The van der Waals surface area contributed by atoms with E-state index in [2.05, 4.69) is 10.3 Å². The van der Waals surface area contributed by atoms with E-state index >= 15 is 0 Å². The number of carbonyl (C=O) groups excluding carboxylic acids is 2. The van der Waals surface area contributed by atoms with Crippen LogP contribution in [0.25, 0.3) is 10.9 Å². The number of hydrogen-bond donors (Lipinski definition) is 1. The molecular weight excluding hydrogens is 354 g/mol. The minimum Gasteiger partial charge on any atom is -0.494 e. The smallest absolute Gasteiger partial charge is 0.252 e. The number of hydrogen-bond acceptors (Lipinski definition) is 4. The van der Waals surface area contributed by atoms with Gasteiger partial charge in [-0.05, 0) is 29.3 Å². The van der Waals surface area contributed by atoms with Crippen LogP contribution in [0.3, 0.4) is 0 Å². The number of nitrogens with zero attached hydrogens (tertiary/aromatic N) is 2. The number of benzene rings is 2. The van der Waals surface area contributed by atoms with E-state index in [9.17, 15) is 9.59 Å². The number of fused-ring (bicyclic) bond motifs is 2. The van der Waals surface area contributed by atoms with Gasteiger partial charge in [-0.15, -0.1) is 0 Å². The molecule has 1 aromatic heterocycles. The average molecular weight is 375 g/mol. The normalized spacial score (nSPS) is 15.6. The molecule has 28 heavy (non-hydrogen) atoms. The van der Waals surface area contributed by atoms with E-state index in [1.54, 1.807) is 31.3 Å². The molecule has 0 radical (unpaired) electrons. The van der Waals surface area contributed by atoms with E-state index in [0.29, 0.717) is 24.3 Å². The molecule has 6 nitrogen and oxygen atoms in total. The summed E-state index contributed by atoms with van der Waals surface area (Å²) in [5.41, 5.74) is 3.28. The van der Waals surface area contributed by atoms with Gasteiger partial charge >= 0.3 is 0 Å². The van der Waals surface area contributed by atoms with Crippen molar-refractivity contribution in [3.63, 3.8) is 0 Å². The molecule has 1 aliphatic heterocycles. The minimum absolute atomic E-state index is 0.115. The van der Waals surface area contributed by atoms with Gasteiger partial charge in [-0.1, -0.05) is 30.3 Å². The van der Waals surface area contributed by atoms with Gasteiger partial charge in [0.15, 0.2) is 0 Å². The first-order valence-electron chi connectivity index (χ1n) is 9.13. The molecule has 0 saturated carbocycles. The maximum atomic E-state index is 13.0. The topological polar surface area (TPSA) is 71.5 Å². The molecule has 2 amide bonds. The van der Waals surface area contributed by atoms with Crippen LogP contribution in [0, 0.1) is 0 Å². The quantitative estimate of drug-likeness (QED) is 0.761. The van der Waals surface area contributed by atoms with E-state index in [1.807, 2.05) is 42.5 Å². The number of likely N-dealkylation sites (N-methyl/N-ethyl adjacent to an activating group) is 1. The van der Waals surface area contributed by atoms with Gasteiger partial charge in [0.05, 0.1) is 7.11 Å². The highest BCUT2D eigenvalue weighted by atomic mass is 16.5. The summed E-state index contributed by atoms with van der Waals surface area (Å²) in [5, 5.41) is 3.78. The molecule has 1 atom stereocenters. The molecule has 1 aliphatic rings. The summed E-state index contributed by atoms with van der Waals surface area (Å²) < 4.78 is 5.38. The van der Waals surface area contributed by atoms with Crippen LogP contribution in [0.5, 0.6) is 5.75 Å². The zero-order chi connectivity index (χ0) is 19.7. The fraction of sp³-hybridized carbons (Fsp3) is 0.227. The monoisotopic (exact) mass is 375 g/mol. The number of methoxy groups -OCH3 is 1. The maximum Gasteiger partial charge on any atom is 0.252 e. The van der Waals surface area contributed by atoms with Crippen LogP contribution in [-0.4, -0.2) is 41.9 Å². The zero-order valence-corrected chi connectivity index (χ0v) is 15.8. The van der Waals surface area contributed by atoms with E-state index in [4.69, 9.17) is 4.74 Å². The van der Waals surface area contributed by atoms with Crippen LogP contribution in [0.4, 0.5) is 0 Å². The molecule has 2 aromatic carbocycles. The Morgan fingerprint density at radius 3 is 2.86 bits per heavy atom. The van der Waals surface area contributed by atoms with Crippen LogP contribution < -0.4 is 10.1 Å². The highest BCUT2D eigenvalue weighted by Gasteiger charge is 2.30. The molecule has 1 N–H and O–H groups in total. The number of pyridine rings is 1. The van der Waals surface area contributed by atoms with Gasteiger partial charge in [0.2, 0.25) is 5.91 Å². The van der Waals surface area contributed by atoms with Crippen LogP contribution in [0.2, 0.25) is 0 Å². The van der Waals surface area contributed by atoms with Crippen molar-refractivity contribution in [2.45, 2.75) is 19.0 Å². The lowest BCUT2D eigenvalue weighted by atomic mass is 9.94. The summed E-state index contributed by atoms with van der Waals surface area (Å²) in [6.07, 6.45) is 2.22. The third kappa shape index (κ3) is 3.17. The van der Waals surface area contributed by atoms with Gasteiger partial charge in [0.1, 0.15) is 17.3 Å². The van der Waals surface area contributed by atoms with Crippen molar-refractivity contribution < 1.29 is 14.3 Å². The summed E-state index contributed by atoms with van der Waals surface area (Å²) in [6, 6.07) is 14.5. The molecule has 2 heterocycles. The number of aromatic nitrogens is 1. The second-order valence-electron chi connectivity index (χ2n) is 6.91. The molecule has 6 heteroatoms. The van der Waals surface area contributed by atoms with Crippen LogP contribution in [-0.2, 0) is 17.8 Å². The number of amides is 2. The molecule has 142 valence electrons. The molecule has 0 aliphatic carbocycles. The Hall–Kier alpha value is -3.41. The van der Waals surface area contributed by atoms with Gasteiger partial charge in [-0.25, -0.2) is 0 Å². The number of rotatable bonds is 4. The van der Waals surface area contributed by atoms with Crippen molar-refractivity contribution >= 4 is 22.7 Å². The van der Waals surface area contributed by atoms with Crippen molar-refractivity contribution in [2.75, 3.05) is 14.2 Å². The van der Waals surface area contributed by atoms with E-state index in [0.717, 1.165) is 22.0 Å². The van der Waals surface area contributed by atoms with Crippen molar-refractivity contribution in [3.8, 4) is 5.75 Å². The lowest BCUT2D eigenvalue weighted by molar-refractivity contribution is -0.132. The number of carbonyl (C=O) groups is 2. The molecule has 1 unspecified atom stereocenters. The fourth-order valence-corrected chi connectivity index (χ4v) is 3.68. The van der Waals surface area contributed by atoms with Crippen molar-refractivity contribution in [1.82, 2.24) is 15.2 Å². The highest BCUT2D eigenvalue weighted by molar-refractivity contribution is 6.00. The molecule has 0 saturated heterocycles. The Balaban J connectivity index is 1.56. The second kappa shape index (κ2) is 7.31. The molecule has 4 rings (SSSR count). The van der Waals surface area contributed by atoms with E-state index < -0.39 is 6.04 Å². The van der Waals surface area contributed by atoms with Gasteiger partial charge in [0, 0.05) is 37.2 Å². The van der Waals surface area contributed by atoms with Gasteiger partial charge < -0.3 is 15.0 Å². The van der Waals surface area contributed by atoms with Crippen molar-refractivity contribution in [1.29, 1.82) is 0 Å². The van der Waals surface area contributed by atoms with Crippen LogP contribution in [0.15, 0.2) is 54.7 Å². The van der Waals surface area contributed by atoms with Gasteiger partial charge in [0.25, 0.3) is 5.91 Å². The summed E-state index contributed by atoms with van der Waals surface area (Å²) in [5.74, 6) is 0.382. The summed E-state index contributed by atoms with van der Waals surface area (Å²) in [4.78, 5) is 31.4. The van der Waals surface area contributed by atoms with Gasteiger partial charge in [-0.2, -0.15) is 0 Å². The SMILES string of the molecule is COc1ccc(CN(C)C(=O)C2Cc3ccccc3C(=O)N2)c2cccnc12. The minimum atomic E-state index is -0.560. The Morgan fingerprint density at radius 2 is 2.04 bits per heavy atom. The fourth-order valence-electron chi connectivity index (χ4n) is 3.68. The highest BCUT2D eigenvalue weighted by Crippen LogP contribution is 2.27. The van der Waals surface area contributed by atoms with Crippen LogP contribution in [0.1, 0.15) is 21.5 Å². The first kappa shape index (κ1) is 18.0. The third-order valence-electron chi connectivity index (χ3n) is 5.12. The predicted octanol–water partition coefficient (Wildman–Crippen LogP) is 2.56. The lowest BCUT2D eigenvalue weighted by Gasteiger charge is -2.29. The molecular formula is C22H21N3O3. The molecule has 0 fully saturated rings. The third-order valence-corrected chi connectivity index (χ3v) is 5.12. The largest absolute Gasteiger partial charge is 0.494 e. The number of nitrogens with one attached hydrogen (secondary N) is 1. The van der Waals surface area contributed by atoms with E-state index in [-0.39, 0.29) is 11.8 Å². The average Bonchev–Trinajstić information content (AvgIpc) is 2.73. The van der Waals surface area contributed by atoms with Crippen molar-refractivity contribution in [3.05, 3.63) is 71.4 Å². The van der Waals surface area contributed by atoms with Crippen molar-refractivity contribution in [2.24, 2.45) is 0 Å². The summed E-state index contributed by atoms with van der Waals surface area (Å²) >= 11 is 0.